The van der Waals surface area contributed by atoms with Crippen molar-refractivity contribution in [3.63, 3.8) is 0 Å². The molecule has 0 N–H and O–H groups in total. The van der Waals surface area contributed by atoms with Crippen LogP contribution in [-0.4, -0.2) is 60.1 Å². The Kier molecular flexibility index (Phi) is 3.06. The number of aromatic nitrogens is 1. The summed E-state index contributed by atoms with van der Waals surface area (Å²) in [4.78, 5) is 15.5. The number of nitrogens with zero attached hydrogens (tertiary/aromatic N) is 4. The third-order valence-electron chi connectivity index (χ3n) is 5.64. The zero-order valence-electron chi connectivity index (χ0n) is 13.9. The molecule has 5 heterocycles. The normalized spacial score (nSPS) is 31.6. The van der Waals surface area contributed by atoms with Crippen LogP contribution in [0.5, 0.6) is 5.75 Å². The van der Waals surface area contributed by atoms with Gasteiger partial charge >= 0.3 is 0 Å². The van der Waals surface area contributed by atoms with Gasteiger partial charge in [0.1, 0.15) is 5.75 Å². The number of amidine groups is 1. The molecule has 24 heavy (non-hydrogen) atoms. The SMILES string of the molecule is COc1ccc2nc(C3=NOC4(CN5CCC4CC5)N3C)sc2c1. The number of methoxy groups -OCH3 is 1. The third kappa shape index (κ3) is 1.91. The molecule has 0 radical (unpaired) electrons. The summed E-state index contributed by atoms with van der Waals surface area (Å²) in [5, 5.41) is 5.36. The van der Waals surface area contributed by atoms with Crippen molar-refractivity contribution >= 4 is 27.4 Å². The monoisotopic (exact) mass is 344 g/mol. The van der Waals surface area contributed by atoms with Crippen molar-refractivity contribution in [2.75, 3.05) is 33.8 Å². The molecule has 0 aliphatic carbocycles. The quantitative estimate of drug-likeness (QED) is 0.837. The average molecular weight is 344 g/mol. The highest BCUT2D eigenvalue weighted by molar-refractivity contribution is 7.20. The van der Waals surface area contributed by atoms with E-state index in [0.717, 1.165) is 33.4 Å². The maximum Gasteiger partial charge on any atom is 0.226 e. The van der Waals surface area contributed by atoms with Gasteiger partial charge in [-0.15, -0.1) is 11.3 Å². The van der Waals surface area contributed by atoms with Gasteiger partial charge in [-0.25, -0.2) is 4.98 Å². The highest BCUT2D eigenvalue weighted by Gasteiger charge is 2.56. The minimum absolute atomic E-state index is 0.304. The Bertz CT molecular complexity index is 827. The lowest BCUT2D eigenvalue weighted by atomic mass is 9.80. The number of fused-ring (bicyclic) bond motifs is 3. The summed E-state index contributed by atoms with van der Waals surface area (Å²) in [6.07, 6.45) is 2.37. The highest BCUT2D eigenvalue weighted by atomic mass is 32.1. The van der Waals surface area contributed by atoms with Crippen molar-refractivity contribution in [3.8, 4) is 5.75 Å². The number of thiazole rings is 1. The molecule has 4 aliphatic rings. The van der Waals surface area contributed by atoms with E-state index in [-0.39, 0.29) is 5.72 Å². The summed E-state index contributed by atoms with van der Waals surface area (Å²) in [5.41, 5.74) is 0.670. The molecule has 1 aromatic carbocycles. The lowest BCUT2D eigenvalue weighted by Crippen LogP contribution is -2.65. The fourth-order valence-electron chi connectivity index (χ4n) is 4.21. The summed E-state index contributed by atoms with van der Waals surface area (Å²) in [6.45, 7) is 3.29. The lowest BCUT2D eigenvalue weighted by molar-refractivity contribution is -0.190. The summed E-state index contributed by atoms with van der Waals surface area (Å²) in [7, 11) is 3.78. The maximum absolute atomic E-state index is 6.05. The van der Waals surface area contributed by atoms with Gasteiger partial charge in [0.15, 0.2) is 5.01 Å². The standard InChI is InChI=1S/C17H20N4O2S/c1-20-15(16-18-13-4-3-12(22-2)9-14(13)24-16)19-23-17(20)10-21-7-5-11(17)6-8-21/h3-4,9,11H,5-8,10H2,1-2H3. The number of oxime groups is 1. The van der Waals surface area contributed by atoms with Crippen molar-refractivity contribution in [1.82, 2.24) is 14.8 Å². The van der Waals surface area contributed by atoms with Crippen molar-refractivity contribution < 1.29 is 9.57 Å². The molecule has 3 saturated heterocycles. The van der Waals surface area contributed by atoms with Gasteiger partial charge in [0, 0.05) is 13.0 Å². The van der Waals surface area contributed by atoms with Crippen LogP contribution in [-0.2, 0) is 4.84 Å². The van der Waals surface area contributed by atoms with E-state index in [0.29, 0.717) is 5.92 Å². The van der Waals surface area contributed by atoms with E-state index in [1.165, 1.54) is 25.9 Å². The zero-order valence-corrected chi connectivity index (χ0v) is 14.7. The summed E-state index contributed by atoms with van der Waals surface area (Å²) < 4.78 is 6.42. The molecular weight excluding hydrogens is 324 g/mol. The van der Waals surface area contributed by atoms with Crippen LogP contribution >= 0.6 is 11.3 Å². The Labute approximate surface area is 144 Å². The molecule has 7 heteroatoms. The van der Waals surface area contributed by atoms with Crippen LogP contribution in [0.4, 0.5) is 0 Å². The first-order valence-electron chi connectivity index (χ1n) is 8.37. The van der Waals surface area contributed by atoms with E-state index >= 15 is 0 Å². The van der Waals surface area contributed by atoms with E-state index in [1.807, 2.05) is 18.2 Å². The van der Waals surface area contributed by atoms with Gasteiger partial charge in [-0.2, -0.15) is 0 Å². The number of rotatable bonds is 2. The van der Waals surface area contributed by atoms with Gasteiger partial charge in [-0.05, 0) is 44.1 Å². The molecule has 1 unspecified atom stereocenters. The number of benzene rings is 1. The Morgan fingerprint density at radius 2 is 2.17 bits per heavy atom. The largest absolute Gasteiger partial charge is 0.497 e. The first kappa shape index (κ1) is 14.5. The Hall–Kier alpha value is -1.86. The van der Waals surface area contributed by atoms with Crippen molar-refractivity contribution in [2.24, 2.45) is 11.1 Å². The van der Waals surface area contributed by atoms with Crippen LogP contribution in [0.25, 0.3) is 10.2 Å². The molecule has 3 fully saturated rings. The topological polar surface area (TPSA) is 50.2 Å². The molecule has 4 aliphatic heterocycles. The number of likely N-dealkylation sites (N-methyl/N-ethyl adjacent to an activating group) is 1. The van der Waals surface area contributed by atoms with Gasteiger partial charge < -0.3 is 14.5 Å². The molecule has 2 bridgehead atoms. The predicted molar refractivity (Wildman–Crippen MR) is 93.5 cm³/mol. The number of ether oxygens (including phenoxy) is 1. The van der Waals surface area contributed by atoms with E-state index in [4.69, 9.17) is 14.6 Å². The zero-order chi connectivity index (χ0) is 16.3. The average Bonchev–Trinajstić information content (AvgIpc) is 3.17. The predicted octanol–water partition coefficient (Wildman–Crippen LogP) is 2.35. The van der Waals surface area contributed by atoms with Gasteiger partial charge in [0.05, 0.1) is 23.9 Å². The molecule has 6 nitrogen and oxygen atoms in total. The number of hydrogen-bond acceptors (Lipinski definition) is 7. The fourth-order valence-corrected chi connectivity index (χ4v) is 5.22. The molecular formula is C17H20N4O2S. The van der Waals surface area contributed by atoms with Crippen molar-refractivity contribution in [3.05, 3.63) is 23.2 Å². The molecule has 1 aromatic heterocycles. The number of hydrogen-bond donors (Lipinski definition) is 0. The van der Waals surface area contributed by atoms with Crippen LogP contribution in [0.1, 0.15) is 17.8 Å². The van der Waals surface area contributed by atoms with E-state index in [9.17, 15) is 0 Å². The summed E-state index contributed by atoms with van der Waals surface area (Å²) in [6, 6.07) is 5.96. The number of piperidine rings is 3. The van der Waals surface area contributed by atoms with E-state index in [1.54, 1.807) is 18.4 Å². The maximum atomic E-state index is 6.05. The van der Waals surface area contributed by atoms with Crippen molar-refractivity contribution in [1.29, 1.82) is 0 Å². The highest BCUT2D eigenvalue weighted by Crippen LogP contribution is 2.44. The molecule has 6 rings (SSSR count). The van der Waals surface area contributed by atoms with E-state index in [2.05, 4.69) is 22.0 Å². The minimum Gasteiger partial charge on any atom is -0.497 e. The summed E-state index contributed by atoms with van der Waals surface area (Å²) in [5.74, 6) is 2.25. The molecule has 1 atom stereocenters. The Morgan fingerprint density at radius 1 is 1.33 bits per heavy atom. The second-order valence-corrected chi connectivity index (χ2v) is 7.84. The fraction of sp³-hybridized carbons (Fsp3) is 0.529. The molecule has 1 spiro atoms. The first-order valence-corrected chi connectivity index (χ1v) is 9.18. The second kappa shape index (κ2) is 5.07. The molecule has 0 saturated carbocycles. The van der Waals surface area contributed by atoms with Crippen LogP contribution in [0, 0.1) is 5.92 Å². The first-order chi connectivity index (χ1) is 11.7. The molecule has 0 amide bonds. The van der Waals surface area contributed by atoms with Gasteiger partial charge in [0.25, 0.3) is 0 Å². The van der Waals surface area contributed by atoms with Gasteiger partial charge in [0.2, 0.25) is 11.6 Å². The van der Waals surface area contributed by atoms with E-state index < -0.39 is 0 Å². The Balaban J connectivity index is 1.49. The van der Waals surface area contributed by atoms with Crippen LogP contribution < -0.4 is 4.74 Å². The minimum atomic E-state index is -0.304. The second-order valence-electron chi connectivity index (χ2n) is 6.81. The van der Waals surface area contributed by atoms with Crippen molar-refractivity contribution in [2.45, 2.75) is 18.6 Å². The third-order valence-corrected chi connectivity index (χ3v) is 6.65. The summed E-state index contributed by atoms with van der Waals surface area (Å²) >= 11 is 1.64. The lowest BCUT2D eigenvalue weighted by Gasteiger charge is -2.52. The van der Waals surface area contributed by atoms with Gasteiger partial charge in [-0.1, -0.05) is 5.16 Å². The smallest absolute Gasteiger partial charge is 0.226 e. The van der Waals surface area contributed by atoms with Crippen LogP contribution in [0.3, 0.4) is 0 Å². The molecule has 126 valence electrons. The van der Waals surface area contributed by atoms with Gasteiger partial charge in [-0.3, -0.25) is 4.90 Å². The Morgan fingerprint density at radius 3 is 2.88 bits per heavy atom. The molecule has 2 aromatic rings. The van der Waals surface area contributed by atoms with Crippen LogP contribution in [0.2, 0.25) is 0 Å². The van der Waals surface area contributed by atoms with Crippen LogP contribution in [0.15, 0.2) is 23.4 Å².